The third-order valence-corrected chi connectivity index (χ3v) is 4.21. The maximum atomic E-state index is 12.3. The van der Waals surface area contributed by atoms with Crippen molar-refractivity contribution in [2.24, 2.45) is 11.8 Å². The zero-order valence-electron chi connectivity index (χ0n) is 13.8. The van der Waals surface area contributed by atoms with E-state index in [4.69, 9.17) is 18.9 Å². The summed E-state index contributed by atoms with van der Waals surface area (Å²) in [6.07, 6.45) is 4.86. The van der Waals surface area contributed by atoms with Crippen LogP contribution in [0.2, 0.25) is 0 Å². The Morgan fingerprint density at radius 2 is 1.91 bits per heavy atom. The van der Waals surface area contributed by atoms with Crippen LogP contribution in [0.3, 0.4) is 0 Å². The maximum Gasteiger partial charge on any atom is 0.323 e. The molecule has 1 fully saturated rings. The zero-order valence-corrected chi connectivity index (χ0v) is 13.8. The summed E-state index contributed by atoms with van der Waals surface area (Å²) in [6, 6.07) is -1.04. The van der Waals surface area contributed by atoms with Crippen molar-refractivity contribution in [2.45, 2.75) is 25.3 Å². The van der Waals surface area contributed by atoms with E-state index < -0.39 is 24.3 Å². The minimum Gasteiger partial charge on any atom is -0.469 e. The van der Waals surface area contributed by atoms with Crippen molar-refractivity contribution < 1.29 is 28.5 Å². The van der Waals surface area contributed by atoms with Gasteiger partial charge in [0, 0.05) is 31.8 Å². The van der Waals surface area contributed by atoms with Gasteiger partial charge >= 0.3 is 11.9 Å². The molecule has 0 aromatic heterocycles. The Morgan fingerprint density at radius 1 is 1.22 bits per heavy atom. The van der Waals surface area contributed by atoms with Crippen LogP contribution >= 0.6 is 0 Å². The zero-order chi connectivity index (χ0) is 17.0. The molecule has 2 bridgehead atoms. The Morgan fingerprint density at radius 3 is 2.48 bits per heavy atom. The molecule has 4 atom stereocenters. The van der Waals surface area contributed by atoms with Gasteiger partial charge in [0.05, 0.1) is 19.6 Å². The highest BCUT2D eigenvalue weighted by Gasteiger charge is 2.52. The molecule has 7 heteroatoms. The van der Waals surface area contributed by atoms with Crippen LogP contribution in [0.5, 0.6) is 0 Å². The summed E-state index contributed by atoms with van der Waals surface area (Å²) in [7, 11) is 4.38. The van der Waals surface area contributed by atoms with Crippen LogP contribution in [0.1, 0.15) is 6.92 Å². The number of carbonyl (C=O) groups is 2. The second kappa shape index (κ2) is 7.72. The van der Waals surface area contributed by atoms with Crippen molar-refractivity contribution in [3.8, 4) is 0 Å². The predicted octanol–water partition coefficient (Wildman–Crippen LogP) is 0.410. The van der Waals surface area contributed by atoms with Crippen molar-refractivity contribution in [3.63, 3.8) is 0 Å². The number of nitrogens with one attached hydrogen (secondary N) is 1. The molecule has 1 unspecified atom stereocenters. The van der Waals surface area contributed by atoms with Crippen molar-refractivity contribution in [3.05, 3.63) is 23.8 Å². The molecule has 0 spiro atoms. The monoisotopic (exact) mass is 325 g/mol. The van der Waals surface area contributed by atoms with Crippen molar-refractivity contribution in [1.29, 1.82) is 0 Å². The molecule has 0 aromatic carbocycles. The summed E-state index contributed by atoms with van der Waals surface area (Å²) in [5.74, 6) is -1.67. The normalized spacial score (nSPS) is 29.2. The lowest BCUT2D eigenvalue weighted by atomic mass is 9.85. The molecule has 1 N–H and O–H groups in total. The van der Waals surface area contributed by atoms with Crippen LogP contribution in [0, 0.1) is 11.8 Å². The summed E-state index contributed by atoms with van der Waals surface area (Å²) in [5, 5.41) is 3.19. The van der Waals surface area contributed by atoms with E-state index in [9.17, 15) is 9.59 Å². The highest BCUT2D eigenvalue weighted by Crippen LogP contribution is 2.37. The molecule has 0 aromatic rings. The molecular formula is C16H23NO6. The fourth-order valence-corrected chi connectivity index (χ4v) is 3.25. The molecule has 0 amide bonds. The fourth-order valence-electron chi connectivity index (χ4n) is 3.25. The Bertz CT molecular complexity index is 511. The quantitative estimate of drug-likeness (QED) is 0.559. The molecule has 2 rings (SSSR count). The van der Waals surface area contributed by atoms with E-state index in [1.165, 1.54) is 21.3 Å². The molecule has 2 aliphatic rings. The van der Waals surface area contributed by atoms with Gasteiger partial charge in [-0.15, -0.1) is 0 Å². The van der Waals surface area contributed by atoms with E-state index in [0.717, 1.165) is 5.57 Å². The van der Waals surface area contributed by atoms with Crippen LogP contribution in [-0.2, 0) is 28.5 Å². The van der Waals surface area contributed by atoms with Gasteiger partial charge in [0.2, 0.25) is 0 Å². The van der Waals surface area contributed by atoms with Gasteiger partial charge in [0.15, 0.2) is 6.29 Å². The van der Waals surface area contributed by atoms with Gasteiger partial charge < -0.3 is 18.9 Å². The molecular weight excluding hydrogens is 302 g/mol. The molecule has 23 heavy (non-hydrogen) atoms. The minimum atomic E-state index is -0.621. The van der Waals surface area contributed by atoms with E-state index in [-0.39, 0.29) is 24.5 Å². The lowest BCUT2D eigenvalue weighted by molar-refractivity contribution is -0.148. The first-order chi connectivity index (χ1) is 11.1. The number of allylic oxidation sites excluding steroid dienone is 2. The van der Waals surface area contributed by atoms with Gasteiger partial charge in [-0.1, -0.05) is 18.2 Å². The molecule has 1 saturated heterocycles. The van der Waals surface area contributed by atoms with E-state index in [2.05, 4.69) is 5.32 Å². The standard InChI is InChI=1S/C16H23NO6/c1-5-23-15(19)13-9-7-6-8-10(16(21-3)22-4)12(17-13)11(9)14(18)20-2/h6-9,11-13,16-17H,5H2,1-4H3/t9-,11?,12-,13+/m1/s1. The van der Waals surface area contributed by atoms with Gasteiger partial charge in [0.1, 0.15) is 6.04 Å². The van der Waals surface area contributed by atoms with Gasteiger partial charge in [-0.2, -0.15) is 0 Å². The predicted molar refractivity (Wildman–Crippen MR) is 81.4 cm³/mol. The summed E-state index contributed by atoms with van der Waals surface area (Å²) < 4.78 is 20.7. The maximum absolute atomic E-state index is 12.3. The SMILES string of the molecule is CCOC(=O)[C@H]1N[C@@H]2C(C(OC)OC)=CC=C[C@@H]1C2C(=O)OC. The van der Waals surface area contributed by atoms with E-state index in [0.29, 0.717) is 0 Å². The van der Waals surface area contributed by atoms with Crippen LogP contribution in [-0.4, -0.2) is 58.2 Å². The lowest BCUT2D eigenvalue weighted by Gasteiger charge is -2.26. The lowest BCUT2D eigenvalue weighted by Crippen LogP contribution is -2.43. The summed E-state index contributed by atoms with van der Waals surface area (Å²) in [6.45, 7) is 2.03. The van der Waals surface area contributed by atoms with E-state index in [1.54, 1.807) is 6.92 Å². The molecule has 128 valence electrons. The van der Waals surface area contributed by atoms with Gasteiger partial charge in [-0.3, -0.25) is 14.9 Å². The topological polar surface area (TPSA) is 83.1 Å². The highest BCUT2D eigenvalue weighted by molar-refractivity contribution is 5.82. The average molecular weight is 325 g/mol. The first-order valence-corrected chi connectivity index (χ1v) is 7.53. The minimum absolute atomic E-state index is 0.280. The Balaban J connectivity index is 2.38. The van der Waals surface area contributed by atoms with Gasteiger partial charge in [0.25, 0.3) is 0 Å². The van der Waals surface area contributed by atoms with Crippen LogP contribution in [0.25, 0.3) is 0 Å². The number of ether oxygens (including phenoxy) is 4. The highest BCUT2D eigenvalue weighted by atomic mass is 16.7. The number of esters is 2. The van der Waals surface area contributed by atoms with E-state index in [1.807, 2.05) is 18.2 Å². The number of carbonyl (C=O) groups excluding carboxylic acids is 2. The first kappa shape index (κ1) is 17.7. The van der Waals surface area contributed by atoms with Crippen molar-refractivity contribution in [2.75, 3.05) is 27.9 Å². The van der Waals surface area contributed by atoms with E-state index >= 15 is 0 Å². The van der Waals surface area contributed by atoms with Gasteiger partial charge in [-0.05, 0) is 6.92 Å². The van der Waals surface area contributed by atoms with Crippen LogP contribution in [0.15, 0.2) is 23.8 Å². The van der Waals surface area contributed by atoms with Crippen LogP contribution in [0.4, 0.5) is 0 Å². The Hall–Kier alpha value is -1.70. The first-order valence-electron chi connectivity index (χ1n) is 7.53. The molecule has 0 saturated carbocycles. The smallest absolute Gasteiger partial charge is 0.323 e. The summed E-state index contributed by atoms with van der Waals surface area (Å²) in [5.41, 5.74) is 0.732. The molecule has 1 heterocycles. The molecule has 1 aliphatic heterocycles. The Kier molecular flexibility index (Phi) is 5.92. The molecule has 7 nitrogen and oxygen atoms in total. The van der Waals surface area contributed by atoms with Crippen LogP contribution < -0.4 is 5.32 Å². The largest absolute Gasteiger partial charge is 0.469 e. The number of methoxy groups -OCH3 is 3. The van der Waals surface area contributed by atoms with Crippen molar-refractivity contribution in [1.82, 2.24) is 5.32 Å². The number of hydrogen-bond donors (Lipinski definition) is 1. The number of hydrogen-bond acceptors (Lipinski definition) is 7. The average Bonchev–Trinajstić information content (AvgIpc) is 2.81. The summed E-state index contributed by atoms with van der Waals surface area (Å²) >= 11 is 0. The summed E-state index contributed by atoms with van der Waals surface area (Å²) in [4.78, 5) is 24.5. The van der Waals surface area contributed by atoms with Gasteiger partial charge in [-0.25, -0.2) is 0 Å². The molecule has 1 aliphatic carbocycles. The third-order valence-electron chi connectivity index (χ3n) is 4.21. The second-order valence-electron chi connectivity index (χ2n) is 5.36. The third kappa shape index (κ3) is 3.31. The number of rotatable bonds is 6. The number of fused-ring (bicyclic) bond motifs is 2. The Labute approximate surface area is 135 Å². The molecule has 0 radical (unpaired) electrons. The fraction of sp³-hybridized carbons (Fsp3) is 0.625. The van der Waals surface area contributed by atoms with Crippen molar-refractivity contribution >= 4 is 11.9 Å². The second-order valence-corrected chi connectivity index (χ2v) is 5.36.